The van der Waals surface area contributed by atoms with Gasteiger partial charge >= 0.3 is 23.9 Å². The van der Waals surface area contributed by atoms with Crippen LogP contribution in [0.2, 0.25) is 0 Å². The lowest BCUT2D eigenvalue weighted by Crippen LogP contribution is -2.62. The number of thiol groups is 4. The molecule has 0 spiro atoms. The molecule has 0 saturated carbocycles. The summed E-state index contributed by atoms with van der Waals surface area (Å²) in [5, 5.41) is 79.9. The predicted molar refractivity (Wildman–Crippen MR) is 388 cm³/mol. The molecule has 16 unspecified atom stereocenters. The molecule has 0 aliphatic carbocycles. The number of carboxylic acid groups (broad SMARTS) is 4. The molecule has 0 aliphatic rings. The molecule has 46 heteroatoms. The van der Waals surface area contributed by atoms with E-state index in [2.05, 4.69) is 125 Å². The molecular weight excluding hydrogens is 1500 g/mol. The van der Waals surface area contributed by atoms with Crippen LogP contribution in [0.5, 0.6) is 0 Å². The normalized spacial score (nSPS) is 15.6. The maximum absolute atomic E-state index is 14.2. The van der Waals surface area contributed by atoms with Crippen molar-refractivity contribution in [2.24, 2.45) is 35.0 Å². The van der Waals surface area contributed by atoms with Crippen LogP contribution in [0.3, 0.4) is 0 Å². The summed E-state index contributed by atoms with van der Waals surface area (Å²) < 4.78 is 0. The molecule has 0 aromatic heterocycles. The molecule has 107 heavy (non-hydrogen) atoms. The number of hydrogen-bond acceptors (Lipinski definition) is 26. The van der Waals surface area contributed by atoms with Gasteiger partial charge in [0.25, 0.3) is 0 Å². The minimum atomic E-state index is -2.06. The van der Waals surface area contributed by atoms with Gasteiger partial charge in [-0.3, -0.25) is 91.1 Å². The number of aliphatic hydroxyl groups is 1. The summed E-state index contributed by atoms with van der Waals surface area (Å²) in [5.41, 5.74) is 16.4. The van der Waals surface area contributed by atoms with Gasteiger partial charge in [0.1, 0.15) is 78.5 Å². The van der Waals surface area contributed by atoms with E-state index in [1.807, 2.05) is 0 Å². The molecule has 604 valence electrons. The number of nitrogens with one attached hydrogen (secondary N) is 14. The van der Waals surface area contributed by atoms with Crippen molar-refractivity contribution < 1.29 is 121 Å². The molecule has 42 nitrogen and oxygen atoms in total. The van der Waals surface area contributed by atoms with E-state index in [0.29, 0.717) is 0 Å². The lowest BCUT2D eigenvalue weighted by atomic mass is 9.97. The highest BCUT2D eigenvalue weighted by atomic mass is 32.1. The van der Waals surface area contributed by atoms with Gasteiger partial charge in [-0.2, -0.15) is 50.5 Å². The first kappa shape index (κ1) is 97.7. The Labute approximate surface area is 636 Å². The standard InChI is InChI=1S/C61H101N17O25S4/c1-9-26(6)46(60(101)72-33(17-40(64)81)54(95)76-45(25(4)5)59(100)66-27(7)48(89)73-36(21-105)57(98)78-47(28(8)79)58(99)65-19-41(82)67-38(23-107)61(102)103)77-56(97)37(22-106)75-52(93)32(16-24(2)3)70-51(92)31(12-15-43(85)86)69-55(96)35(20-104)74-53(94)34(18-44(87)88)71-50(91)30(11-14-42(83)84)68-49(90)29(62)10-13-39(63)80/h24-38,45-47,79,104-107H,9-23,62H2,1-8H3,(H2,63,80)(H2,64,81)(H,65,99)(H,66,100)(H,67,82)(H,68,90)(H,69,96)(H,70,92)(H,71,91)(H,72,101)(H,73,89)(H,74,94)(H,75,93)(H,76,95)(H,77,97)(H,78,98)(H,83,84)(H,85,86)(H,87,88)(H,102,103). The van der Waals surface area contributed by atoms with Gasteiger partial charge in [0.2, 0.25) is 94.5 Å². The zero-order valence-electron chi connectivity index (χ0n) is 59.9. The second-order valence-electron chi connectivity index (χ2n) is 25.3. The average Bonchev–Trinajstić information content (AvgIpc) is 0.833. The van der Waals surface area contributed by atoms with Crippen molar-refractivity contribution in [2.45, 2.75) is 210 Å². The van der Waals surface area contributed by atoms with Crippen LogP contribution < -0.4 is 91.6 Å². The molecule has 0 saturated heterocycles. The van der Waals surface area contributed by atoms with Crippen molar-refractivity contribution in [1.82, 2.24) is 74.4 Å². The summed E-state index contributed by atoms with van der Waals surface area (Å²) in [5.74, 6) is -27.4. The van der Waals surface area contributed by atoms with Crippen LogP contribution in [0, 0.1) is 17.8 Å². The second-order valence-corrected chi connectivity index (χ2v) is 26.8. The molecule has 25 N–H and O–H groups in total. The molecular formula is C61H101N17O25S4. The molecule has 0 aliphatic heterocycles. The summed E-state index contributed by atoms with van der Waals surface area (Å²) in [6, 6.07) is -23.2. The number of nitrogens with two attached hydrogens (primary N) is 3. The summed E-state index contributed by atoms with van der Waals surface area (Å²) >= 11 is 16.2. The monoisotopic (exact) mass is 1600 g/mol. The van der Waals surface area contributed by atoms with Crippen molar-refractivity contribution >= 4 is 169 Å². The topological polar surface area (TPSA) is 689 Å². The Morgan fingerprint density at radius 1 is 0.364 bits per heavy atom. The van der Waals surface area contributed by atoms with E-state index in [0.717, 1.165) is 6.92 Å². The zero-order chi connectivity index (χ0) is 82.4. The van der Waals surface area contributed by atoms with E-state index in [4.69, 9.17) is 22.3 Å². The van der Waals surface area contributed by atoms with Gasteiger partial charge in [-0.05, 0) is 57.3 Å². The maximum Gasteiger partial charge on any atom is 0.327 e. The number of amides is 16. The first-order chi connectivity index (χ1) is 49.8. The molecule has 0 radical (unpaired) electrons. The average molecular weight is 1600 g/mol. The SMILES string of the molecule is CCC(C)C(NC(=O)C(CS)NC(=O)C(CC(C)C)NC(=O)C(CCC(=O)O)NC(=O)C(CS)NC(=O)C(CC(=O)O)NC(=O)C(CCC(=O)O)NC(=O)C(N)CCC(N)=O)C(=O)NC(CC(N)=O)C(=O)NC(C(=O)NC(C)C(=O)NC(CS)C(=O)NC(C(=O)NCC(=O)NC(CS)C(=O)O)C(C)O)C(C)C. The fourth-order valence-electron chi connectivity index (χ4n) is 9.26. The fourth-order valence-corrected chi connectivity index (χ4v) is 10.3. The van der Waals surface area contributed by atoms with Crippen LogP contribution in [-0.4, -0.2) is 264 Å². The summed E-state index contributed by atoms with van der Waals surface area (Å²) in [7, 11) is 0. The molecule has 0 rings (SSSR count). The van der Waals surface area contributed by atoms with Crippen LogP contribution in [0.1, 0.15) is 120 Å². The number of primary amides is 2. The molecule has 0 aromatic carbocycles. The molecule has 0 bridgehead atoms. The smallest absolute Gasteiger partial charge is 0.327 e. The van der Waals surface area contributed by atoms with Gasteiger partial charge in [0, 0.05) is 42.3 Å². The van der Waals surface area contributed by atoms with Gasteiger partial charge in [0.15, 0.2) is 0 Å². The highest BCUT2D eigenvalue weighted by Crippen LogP contribution is 2.14. The van der Waals surface area contributed by atoms with Gasteiger partial charge in [0.05, 0.1) is 31.5 Å². The summed E-state index contributed by atoms with van der Waals surface area (Å²) in [4.78, 5) is 260. The summed E-state index contributed by atoms with van der Waals surface area (Å²) in [6.45, 7) is 10.8. The first-order valence-corrected chi connectivity index (χ1v) is 35.9. The number of carbonyl (C=O) groups is 20. The van der Waals surface area contributed by atoms with E-state index in [1.54, 1.807) is 20.8 Å². The van der Waals surface area contributed by atoms with E-state index < -0.39 is 289 Å². The molecule has 0 heterocycles. The van der Waals surface area contributed by atoms with Gasteiger partial charge in [-0.25, -0.2) is 4.79 Å². The third-order valence-corrected chi connectivity index (χ3v) is 17.0. The highest BCUT2D eigenvalue weighted by Gasteiger charge is 2.39. The van der Waals surface area contributed by atoms with Crippen molar-refractivity contribution in [3.8, 4) is 0 Å². The van der Waals surface area contributed by atoms with Crippen LogP contribution in [0.15, 0.2) is 0 Å². The zero-order valence-corrected chi connectivity index (χ0v) is 63.5. The Hall–Kier alpha value is -9.28. The van der Waals surface area contributed by atoms with Crippen molar-refractivity contribution in [2.75, 3.05) is 29.6 Å². The lowest BCUT2D eigenvalue weighted by molar-refractivity contribution is -0.142. The number of aliphatic carboxylic acids is 4. The highest BCUT2D eigenvalue weighted by molar-refractivity contribution is 7.80. The second kappa shape index (κ2) is 49.6. The van der Waals surface area contributed by atoms with Crippen LogP contribution in [-0.2, 0) is 95.9 Å². The van der Waals surface area contributed by atoms with E-state index in [9.17, 15) is 116 Å². The number of carboxylic acids is 4. The number of carbonyl (C=O) groups excluding carboxylic acids is 16. The third-order valence-electron chi connectivity index (χ3n) is 15.5. The quantitative estimate of drug-likeness (QED) is 0.0252. The van der Waals surface area contributed by atoms with Crippen molar-refractivity contribution in [3.05, 3.63) is 0 Å². The maximum atomic E-state index is 14.2. The number of rotatable bonds is 52. The van der Waals surface area contributed by atoms with Crippen molar-refractivity contribution in [1.29, 1.82) is 0 Å². The Kier molecular flexibility index (Phi) is 45.3. The molecule has 16 atom stereocenters. The lowest BCUT2D eigenvalue weighted by Gasteiger charge is -2.30. The van der Waals surface area contributed by atoms with Gasteiger partial charge in [-0.15, -0.1) is 0 Å². The largest absolute Gasteiger partial charge is 0.481 e. The third kappa shape index (κ3) is 37.2. The molecule has 16 amide bonds. The van der Waals surface area contributed by atoms with Gasteiger partial charge < -0.3 is 117 Å². The van der Waals surface area contributed by atoms with Crippen LogP contribution in [0.4, 0.5) is 0 Å². The number of hydrogen-bond donors (Lipinski definition) is 26. The molecule has 0 aromatic rings. The Balaban J connectivity index is 6.62. The van der Waals surface area contributed by atoms with E-state index >= 15 is 0 Å². The Morgan fingerprint density at radius 3 is 1.16 bits per heavy atom. The first-order valence-electron chi connectivity index (χ1n) is 33.3. The van der Waals surface area contributed by atoms with Crippen LogP contribution >= 0.6 is 50.5 Å². The Morgan fingerprint density at radius 2 is 0.738 bits per heavy atom. The minimum Gasteiger partial charge on any atom is -0.481 e. The predicted octanol–water partition coefficient (Wildman–Crippen LogP) is -8.97. The summed E-state index contributed by atoms with van der Waals surface area (Å²) in [6.07, 6.45) is -7.16. The fraction of sp³-hybridized carbons (Fsp3) is 0.672. The van der Waals surface area contributed by atoms with Gasteiger partial charge in [-0.1, -0.05) is 48.0 Å². The molecule has 0 fully saturated rings. The van der Waals surface area contributed by atoms with Crippen LogP contribution in [0.25, 0.3) is 0 Å². The van der Waals surface area contributed by atoms with Crippen molar-refractivity contribution in [3.63, 3.8) is 0 Å². The minimum absolute atomic E-state index is 0.160. The number of aliphatic hydroxyl groups excluding tert-OH is 1. The Bertz CT molecular complexity index is 3190. The van der Waals surface area contributed by atoms with E-state index in [-0.39, 0.29) is 31.4 Å². The van der Waals surface area contributed by atoms with E-state index in [1.165, 1.54) is 27.7 Å².